The molecule has 0 bridgehead atoms. The van der Waals surface area contributed by atoms with Crippen molar-refractivity contribution in [2.75, 3.05) is 13.2 Å². The van der Waals surface area contributed by atoms with Crippen molar-refractivity contribution in [3.63, 3.8) is 0 Å². The number of nitrogens with one attached hydrogen (secondary N) is 1. The van der Waals surface area contributed by atoms with Gasteiger partial charge in [-0.1, -0.05) is 42.5 Å². The molecule has 2 aromatic heterocycles. The van der Waals surface area contributed by atoms with Crippen LogP contribution in [-0.2, 0) is 0 Å². The first-order valence-electron chi connectivity index (χ1n) is 9.55. The van der Waals surface area contributed by atoms with E-state index in [2.05, 4.69) is 10.3 Å². The minimum absolute atomic E-state index is 0.0829. The maximum absolute atomic E-state index is 12.7. The predicted molar refractivity (Wildman–Crippen MR) is 112 cm³/mol. The van der Waals surface area contributed by atoms with Gasteiger partial charge >= 0.3 is 0 Å². The molecule has 0 aliphatic heterocycles. The Bertz CT molecular complexity index is 1180. The van der Waals surface area contributed by atoms with Crippen LogP contribution in [0.3, 0.4) is 0 Å². The van der Waals surface area contributed by atoms with Crippen molar-refractivity contribution in [3.05, 3.63) is 77.7 Å². The fourth-order valence-corrected chi connectivity index (χ4v) is 3.40. The number of hydrogen-bond donors (Lipinski definition) is 2. The third-order valence-corrected chi connectivity index (χ3v) is 4.83. The highest BCUT2D eigenvalue weighted by Crippen LogP contribution is 2.25. The zero-order valence-electron chi connectivity index (χ0n) is 16.4. The highest BCUT2D eigenvalue weighted by atomic mass is 16.5. The number of carbonyl (C=O) groups is 1. The van der Waals surface area contributed by atoms with Gasteiger partial charge in [0.05, 0.1) is 5.69 Å². The number of aliphatic hydroxyl groups is 1. The molecule has 4 rings (SSSR count). The quantitative estimate of drug-likeness (QED) is 0.531. The molecule has 148 valence electrons. The lowest BCUT2D eigenvalue weighted by Crippen LogP contribution is -2.36. The summed E-state index contributed by atoms with van der Waals surface area (Å²) >= 11 is 0. The van der Waals surface area contributed by atoms with Gasteiger partial charge in [-0.05, 0) is 36.9 Å². The van der Waals surface area contributed by atoms with E-state index in [0.29, 0.717) is 17.1 Å². The maximum atomic E-state index is 12.7. The Labute approximate surface area is 168 Å². The van der Waals surface area contributed by atoms with Gasteiger partial charge in [0.1, 0.15) is 29.8 Å². The van der Waals surface area contributed by atoms with E-state index in [9.17, 15) is 9.90 Å². The number of carbonyl (C=O) groups excluding carboxylic acids is 1. The topological polar surface area (TPSA) is 75.9 Å². The second-order valence-electron chi connectivity index (χ2n) is 7.13. The molecule has 2 heterocycles. The van der Waals surface area contributed by atoms with Crippen molar-refractivity contribution in [1.82, 2.24) is 14.7 Å². The van der Waals surface area contributed by atoms with Crippen molar-refractivity contribution >= 4 is 22.3 Å². The van der Waals surface area contributed by atoms with Crippen LogP contribution in [0, 0.1) is 13.8 Å². The van der Waals surface area contributed by atoms with Crippen LogP contribution in [0.1, 0.15) is 21.7 Å². The van der Waals surface area contributed by atoms with Crippen LogP contribution < -0.4 is 10.1 Å². The third kappa shape index (κ3) is 3.93. The molecule has 6 heteroatoms. The van der Waals surface area contributed by atoms with Gasteiger partial charge in [-0.15, -0.1) is 0 Å². The van der Waals surface area contributed by atoms with Crippen molar-refractivity contribution in [2.24, 2.45) is 0 Å². The summed E-state index contributed by atoms with van der Waals surface area (Å²) in [5, 5.41) is 15.1. The number of fused-ring (bicyclic) bond motifs is 2. The van der Waals surface area contributed by atoms with E-state index in [1.165, 1.54) is 0 Å². The Morgan fingerprint density at radius 1 is 1.14 bits per heavy atom. The Balaban J connectivity index is 1.40. The average Bonchev–Trinajstić information content (AvgIpc) is 3.05. The third-order valence-electron chi connectivity index (χ3n) is 4.83. The number of amides is 1. The fourth-order valence-electron chi connectivity index (χ4n) is 3.40. The number of ether oxygens (including phenoxy) is 1. The summed E-state index contributed by atoms with van der Waals surface area (Å²) in [6.45, 7) is 3.93. The van der Waals surface area contributed by atoms with Crippen molar-refractivity contribution in [3.8, 4) is 5.75 Å². The SMILES string of the molecule is Cc1ccc2nc(C)c(C(=O)NCC(O)COc3cccc4ccccc34)n2c1. The van der Waals surface area contributed by atoms with E-state index in [1.54, 1.807) is 11.3 Å². The average molecular weight is 389 g/mol. The molecular weight excluding hydrogens is 366 g/mol. The number of hydrogen-bond acceptors (Lipinski definition) is 4. The second kappa shape index (κ2) is 7.93. The highest BCUT2D eigenvalue weighted by molar-refractivity contribution is 5.94. The van der Waals surface area contributed by atoms with Gasteiger partial charge in [0.15, 0.2) is 0 Å². The largest absolute Gasteiger partial charge is 0.490 e. The molecule has 0 radical (unpaired) electrons. The molecule has 6 nitrogen and oxygen atoms in total. The molecule has 4 aromatic rings. The minimum Gasteiger partial charge on any atom is -0.490 e. The van der Waals surface area contributed by atoms with E-state index < -0.39 is 6.10 Å². The molecule has 2 aromatic carbocycles. The molecule has 0 aliphatic rings. The highest BCUT2D eigenvalue weighted by Gasteiger charge is 2.18. The van der Waals surface area contributed by atoms with Crippen LogP contribution in [0.15, 0.2) is 60.8 Å². The van der Waals surface area contributed by atoms with E-state index in [4.69, 9.17) is 4.74 Å². The number of imidazole rings is 1. The number of aromatic nitrogens is 2. The number of aliphatic hydroxyl groups excluding tert-OH is 1. The van der Waals surface area contributed by atoms with Crippen molar-refractivity contribution < 1.29 is 14.6 Å². The van der Waals surface area contributed by atoms with Crippen LogP contribution in [0.2, 0.25) is 0 Å². The smallest absolute Gasteiger partial charge is 0.270 e. The lowest BCUT2D eigenvalue weighted by molar-refractivity contribution is 0.0840. The summed E-state index contributed by atoms with van der Waals surface area (Å²) in [6, 6.07) is 17.6. The lowest BCUT2D eigenvalue weighted by Gasteiger charge is -2.15. The fraction of sp³-hybridized carbons (Fsp3) is 0.217. The van der Waals surface area contributed by atoms with Gasteiger partial charge in [-0.25, -0.2) is 4.98 Å². The zero-order valence-corrected chi connectivity index (χ0v) is 16.4. The Morgan fingerprint density at radius 2 is 1.93 bits per heavy atom. The molecule has 1 unspecified atom stereocenters. The zero-order chi connectivity index (χ0) is 20.4. The van der Waals surface area contributed by atoms with Crippen LogP contribution in [-0.4, -0.2) is 39.7 Å². The van der Waals surface area contributed by atoms with E-state index in [1.807, 2.05) is 67.7 Å². The van der Waals surface area contributed by atoms with Crippen LogP contribution in [0.25, 0.3) is 16.4 Å². The van der Waals surface area contributed by atoms with Crippen molar-refractivity contribution in [2.45, 2.75) is 20.0 Å². The molecule has 0 fully saturated rings. The first-order valence-corrected chi connectivity index (χ1v) is 9.55. The minimum atomic E-state index is -0.834. The van der Waals surface area contributed by atoms with Gasteiger partial charge in [0.25, 0.3) is 5.91 Å². The molecule has 0 spiro atoms. The summed E-state index contributed by atoms with van der Waals surface area (Å²) in [6.07, 6.45) is 1.05. The first-order chi connectivity index (χ1) is 14.0. The molecule has 29 heavy (non-hydrogen) atoms. The van der Waals surface area contributed by atoms with E-state index in [-0.39, 0.29) is 19.1 Å². The van der Waals surface area contributed by atoms with Gasteiger partial charge in [-0.3, -0.25) is 9.20 Å². The van der Waals surface area contributed by atoms with Crippen LogP contribution in [0.5, 0.6) is 5.75 Å². The summed E-state index contributed by atoms with van der Waals surface area (Å²) < 4.78 is 7.57. The lowest BCUT2D eigenvalue weighted by atomic mass is 10.1. The summed E-state index contributed by atoms with van der Waals surface area (Å²) in [5.74, 6) is 0.436. The molecule has 1 atom stereocenters. The number of benzene rings is 2. The second-order valence-corrected chi connectivity index (χ2v) is 7.13. The van der Waals surface area contributed by atoms with Crippen LogP contribution >= 0.6 is 0 Å². The molecule has 0 aliphatic carbocycles. The monoisotopic (exact) mass is 389 g/mol. The summed E-state index contributed by atoms with van der Waals surface area (Å²) in [4.78, 5) is 17.1. The number of pyridine rings is 1. The number of aryl methyl sites for hydroxylation is 2. The first kappa shape index (κ1) is 19.0. The van der Waals surface area contributed by atoms with Crippen LogP contribution in [0.4, 0.5) is 0 Å². The van der Waals surface area contributed by atoms with E-state index in [0.717, 1.165) is 22.0 Å². The van der Waals surface area contributed by atoms with Gasteiger partial charge in [0, 0.05) is 18.1 Å². The normalized spacial score (nSPS) is 12.2. The predicted octanol–water partition coefficient (Wildman–Crippen LogP) is 3.27. The Hall–Kier alpha value is -3.38. The summed E-state index contributed by atoms with van der Waals surface area (Å²) in [7, 11) is 0. The molecular formula is C23H23N3O3. The maximum Gasteiger partial charge on any atom is 0.270 e. The van der Waals surface area contributed by atoms with E-state index >= 15 is 0 Å². The molecule has 1 amide bonds. The molecule has 0 saturated carbocycles. The number of rotatable bonds is 6. The van der Waals surface area contributed by atoms with Gasteiger partial charge in [-0.2, -0.15) is 0 Å². The van der Waals surface area contributed by atoms with Gasteiger partial charge in [0.2, 0.25) is 0 Å². The molecule has 2 N–H and O–H groups in total. The number of nitrogens with zero attached hydrogens (tertiary/aromatic N) is 2. The standard InChI is InChI=1S/C23H23N3O3/c1-15-10-11-21-25-16(2)22(26(21)13-15)23(28)24-12-18(27)14-29-20-9-5-7-17-6-3-4-8-19(17)20/h3-11,13,18,27H,12,14H2,1-2H3,(H,24,28). The van der Waals surface area contributed by atoms with Gasteiger partial charge < -0.3 is 15.2 Å². The Morgan fingerprint density at radius 3 is 2.79 bits per heavy atom. The molecule has 0 saturated heterocycles. The summed E-state index contributed by atoms with van der Waals surface area (Å²) in [5.41, 5.74) is 2.88. The Kier molecular flexibility index (Phi) is 5.18. The van der Waals surface area contributed by atoms with Crippen molar-refractivity contribution in [1.29, 1.82) is 0 Å².